The van der Waals surface area contributed by atoms with Crippen LogP contribution >= 0.6 is 0 Å². The molecule has 0 spiro atoms. The maximum Gasteiger partial charge on any atom is 0.315 e. The van der Waals surface area contributed by atoms with Gasteiger partial charge in [0.15, 0.2) is 0 Å². The van der Waals surface area contributed by atoms with Gasteiger partial charge in [-0.1, -0.05) is 12.1 Å². The van der Waals surface area contributed by atoms with Crippen molar-refractivity contribution in [2.45, 2.75) is 25.4 Å². The number of hydrogen-bond acceptors (Lipinski definition) is 5. The number of nitrogens with one attached hydrogen (secondary N) is 2. The molecule has 0 aliphatic carbocycles. The first-order valence-electron chi connectivity index (χ1n) is 8.55. The lowest BCUT2D eigenvalue weighted by atomic mass is 10.1. The molecule has 0 saturated carbocycles. The van der Waals surface area contributed by atoms with Crippen LogP contribution in [0.2, 0.25) is 0 Å². The van der Waals surface area contributed by atoms with E-state index in [2.05, 4.69) is 20.6 Å². The smallest absolute Gasteiger partial charge is 0.315 e. The van der Waals surface area contributed by atoms with Crippen LogP contribution in [0.1, 0.15) is 30.0 Å². The zero-order chi connectivity index (χ0) is 18.4. The van der Waals surface area contributed by atoms with Crippen LogP contribution in [-0.2, 0) is 11.3 Å². The van der Waals surface area contributed by atoms with Crippen molar-refractivity contribution in [3.05, 3.63) is 54.0 Å². The van der Waals surface area contributed by atoms with E-state index in [1.54, 1.807) is 35.6 Å². The number of nitrogens with zero attached hydrogens (tertiary/aromatic N) is 3. The normalized spacial score (nSPS) is 16.3. The fourth-order valence-corrected chi connectivity index (χ4v) is 3.03. The highest BCUT2D eigenvalue weighted by Crippen LogP contribution is 2.31. The van der Waals surface area contributed by atoms with Crippen LogP contribution in [0.5, 0.6) is 0 Å². The first kappa shape index (κ1) is 17.7. The quantitative estimate of drug-likeness (QED) is 0.747. The zero-order valence-corrected chi connectivity index (χ0v) is 14.4. The number of rotatable bonds is 5. The van der Waals surface area contributed by atoms with E-state index in [4.69, 9.17) is 5.73 Å². The van der Waals surface area contributed by atoms with Crippen LogP contribution in [0, 0.1) is 0 Å². The molecule has 1 aliphatic rings. The van der Waals surface area contributed by atoms with Gasteiger partial charge in [-0.25, -0.2) is 9.78 Å². The molecule has 3 heterocycles. The summed E-state index contributed by atoms with van der Waals surface area (Å²) in [5.74, 6) is 0.332. The highest BCUT2D eigenvalue weighted by Gasteiger charge is 2.29. The van der Waals surface area contributed by atoms with Crippen molar-refractivity contribution in [3.8, 4) is 0 Å². The number of nitrogens with two attached hydrogens (primary N) is 1. The number of amides is 3. The summed E-state index contributed by atoms with van der Waals surface area (Å²) in [6.45, 7) is 0.969. The molecule has 1 atom stereocenters. The molecule has 3 amide bonds. The van der Waals surface area contributed by atoms with E-state index in [0.717, 1.165) is 24.0 Å². The Labute approximate surface area is 151 Å². The summed E-state index contributed by atoms with van der Waals surface area (Å²) >= 11 is 0. The van der Waals surface area contributed by atoms with Gasteiger partial charge in [0.2, 0.25) is 5.91 Å². The molecule has 1 aliphatic heterocycles. The van der Waals surface area contributed by atoms with Gasteiger partial charge in [-0.3, -0.25) is 9.78 Å². The lowest BCUT2D eigenvalue weighted by Gasteiger charge is -2.25. The Morgan fingerprint density at radius 2 is 2.12 bits per heavy atom. The average molecular weight is 354 g/mol. The minimum absolute atomic E-state index is 0.0295. The lowest BCUT2D eigenvalue weighted by molar-refractivity contribution is -0.131. The van der Waals surface area contributed by atoms with Gasteiger partial charge in [-0.2, -0.15) is 0 Å². The Bertz CT molecular complexity index is 750. The second-order valence-corrected chi connectivity index (χ2v) is 6.16. The van der Waals surface area contributed by atoms with Gasteiger partial charge >= 0.3 is 6.03 Å². The number of hydrogen-bond donors (Lipinski definition) is 3. The van der Waals surface area contributed by atoms with E-state index in [0.29, 0.717) is 18.9 Å². The zero-order valence-electron chi connectivity index (χ0n) is 14.4. The van der Waals surface area contributed by atoms with Gasteiger partial charge in [-0.15, -0.1) is 0 Å². The van der Waals surface area contributed by atoms with Crippen LogP contribution < -0.4 is 16.4 Å². The summed E-state index contributed by atoms with van der Waals surface area (Å²) in [7, 11) is 0. The van der Waals surface area contributed by atoms with Crippen molar-refractivity contribution < 1.29 is 9.59 Å². The van der Waals surface area contributed by atoms with E-state index < -0.39 is 6.03 Å². The first-order valence-corrected chi connectivity index (χ1v) is 8.55. The number of anilines is 1. The highest BCUT2D eigenvalue weighted by molar-refractivity contribution is 5.84. The summed E-state index contributed by atoms with van der Waals surface area (Å²) in [6, 6.07) is 6.94. The topological polar surface area (TPSA) is 113 Å². The van der Waals surface area contributed by atoms with Gasteiger partial charge < -0.3 is 21.3 Å². The van der Waals surface area contributed by atoms with E-state index in [1.807, 2.05) is 12.1 Å². The summed E-state index contributed by atoms with van der Waals surface area (Å²) in [5.41, 5.74) is 7.38. The third kappa shape index (κ3) is 4.47. The summed E-state index contributed by atoms with van der Waals surface area (Å²) in [5, 5.41) is 5.31. The van der Waals surface area contributed by atoms with Crippen LogP contribution in [0.4, 0.5) is 10.6 Å². The second-order valence-electron chi connectivity index (χ2n) is 6.16. The molecule has 26 heavy (non-hydrogen) atoms. The maximum atomic E-state index is 12.5. The largest absolute Gasteiger partial charge is 0.384 e. The molecule has 3 rings (SSSR count). The van der Waals surface area contributed by atoms with Gasteiger partial charge in [0.05, 0.1) is 12.6 Å². The van der Waals surface area contributed by atoms with Gasteiger partial charge in [0.1, 0.15) is 5.82 Å². The average Bonchev–Trinajstić information content (AvgIpc) is 3.16. The minimum atomic E-state index is -0.396. The maximum absolute atomic E-state index is 12.5. The predicted molar refractivity (Wildman–Crippen MR) is 96.8 cm³/mol. The van der Waals surface area contributed by atoms with Crippen LogP contribution in [-0.4, -0.2) is 39.9 Å². The third-order valence-corrected chi connectivity index (χ3v) is 4.34. The molecule has 0 bridgehead atoms. The van der Waals surface area contributed by atoms with Crippen LogP contribution in [0.3, 0.4) is 0 Å². The van der Waals surface area contributed by atoms with Crippen molar-refractivity contribution in [1.29, 1.82) is 0 Å². The lowest BCUT2D eigenvalue weighted by Crippen LogP contribution is -2.43. The fraction of sp³-hybridized carbons (Fsp3) is 0.333. The molecule has 8 heteroatoms. The Hall–Kier alpha value is -3.16. The number of urea groups is 1. The van der Waals surface area contributed by atoms with Gasteiger partial charge in [0.25, 0.3) is 0 Å². The Kier molecular flexibility index (Phi) is 5.62. The predicted octanol–water partition coefficient (Wildman–Crippen LogP) is 1.22. The summed E-state index contributed by atoms with van der Waals surface area (Å²) in [4.78, 5) is 34.3. The molecule has 2 aromatic heterocycles. The highest BCUT2D eigenvalue weighted by atomic mass is 16.2. The van der Waals surface area contributed by atoms with E-state index in [1.165, 1.54) is 0 Å². The second kappa shape index (κ2) is 8.28. The number of aromatic nitrogens is 2. The molecule has 4 N–H and O–H groups in total. The van der Waals surface area contributed by atoms with Crippen molar-refractivity contribution in [1.82, 2.24) is 25.5 Å². The molecule has 136 valence electrons. The molecular formula is C18H22N6O2. The van der Waals surface area contributed by atoms with E-state index in [-0.39, 0.29) is 18.5 Å². The summed E-state index contributed by atoms with van der Waals surface area (Å²) < 4.78 is 0. The first-order chi connectivity index (χ1) is 12.6. The van der Waals surface area contributed by atoms with Gasteiger partial charge in [-0.05, 0) is 36.1 Å². The molecular weight excluding hydrogens is 332 g/mol. The number of carbonyl (C=O) groups is 2. The van der Waals surface area contributed by atoms with Crippen LogP contribution in [0.15, 0.2) is 42.9 Å². The Morgan fingerprint density at radius 3 is 2.85 bits per heavy atom. The van der Waals surface area contributed by atoms with Crippen LogP contribution in [0.25, 0.3) is 0 Å². The Balaban J connectivity index is 1.47. The fourth-order valence-electron chi connectivity index (χ4n) is 3.03. The molecule has 0 aromatic carbocycles. The SMILES string of the molecule is Nc1ccc(CNC(=O)NCC(=O)N2CCC[C@H]2c2cccnc2)cn1. The Morgan fingerprint density at radius 1 is 1.23 bits per heavy atom. The van der Waals surface area contributed by atoms with Crippen molar-refractivity contribution in [3.63, 3.8) is 0 Å². The third-order valence-electron chi connectivity index (χ3n) is 4.34. The number of carbonyl (C=O) groups excluding carboxylic acids is 2. The summed E-state index contributed by atoms with van der Waals surface area (Å²) in [6.07, 6.45) is 6.96. The van der Waals surface area contributed by atoms with Crippen molar-refractivity contribution >= 4 is 17.8 Å². The monoisotopic (exact) mass is 354 g/mol. The molecule has 0 radical (unpaired) electrons. The van der Waals surface area contributed by atoms with E-state index >= 15 is 0 Å². The standard InChI is InChI=1S/C18H22N6O2/c19-16-6-5-13(9-21-16)10-22-18(26)23-12-17(25)24-8-2-4-15(24)14-3-1-7-20-11-14/h1,3,5-7,9,11,15H,2,4,8,10,12H2,(H2,19,21)(H2,22,23,26)/t15-/m0/s1. The molecule has 1 saturated heterocycles. The minimum Gasteiger partial charge on any atom is -0.384 e. The molecule has 2 aromatic rings. The number of nitrogen functional groups attached to an aromatic ring is 1. The van der Waals surface area contributed by atoms with Crippen molar-refractivity contribution in [2.24, 2.45) is 0 Å². The number of likely N-dealkylation sites (tertiary alicyclic amines) is 1. The molecule has 8 nitrogen and oxygen atoms in total. The molecule has 0 unspecified atom stereocenters. The number of pyridine rings is 2. The van der Waals surface area contributed by atoms with Crippen molar-refractivity contribution in [2.75, 3.05) is 18.8 Å². The van der Waals surface area contributed by atoms with E-state index in [9.17, 15) is 9.59 Å². The van der Waals surface area contributed by atoms with Gasteiger partial charge in [0, 0.05) is 31.7 Å². The molecule has 1 fully saturated rings.